The molecule has 1 saturated heterocycles. The zero-order chi connectivity index (χ0) is 19.5. The number of benzene rings is 3. The van der Waals surface area contributed by atoms with Crippen LogP contribution in [0.25, 0.3) is 11.1 Å². The van der Waals surface area contributed by atoms with Gasteiger partial charge in [0.05, 0.1) is 0 Å². The summed E-state index contributed by atoms with van der Waals surface area (Å²) in [5, 5.41) is 2.79. The maximum absolute atomic E-state index is 13.3. The van der Waals surface area contributed by atoms with Crippen molar-refractivity contribution in [2.24, 2.45) is 0 Å². The van der Waals surface area contributed by atoms with Gasteiger partial charge >= 0.3 is 0 Å². The average molecular weight is 374 g/mol. The van der Waals surface area contributed by atoms with Gasteiger partial charge in [0, 0.05) is 18.7 Å². The lowest BCUT2D eigenvalue weighted by Gasteiger charge is -2.35. The van der Waals surface area contributed by atoms with Gasteiger partial charge in [0.25, 0.3) is 5.91 Å². The van der Waals surface area contributed by atoms with Crippen LogP contribution in [0.1, 0.15) is 22.0 Å². The molecule has 0 aliphatic carbocycles. The van der Waals surface area contributed by atoms with Gasteiger partial charge in [-0.3, -0.25) is 9.59 Å². The largest absolute Gasteiger partial charge is 0.352 e. The van der Waals surface area contributed by atoms with Crippen molar-refractivity contribution in [2.45, 2.75) is 6.04 Å². The number of nitrogens with one attached hydrogen (secondary N) is 1. The SMILES string of the molecule is O=C1NCCN(C(=O)c2cccc(-c3ccccc3)c2)C1c1ccc(F)cc1. The highest BCUT2D eigenvalue weighted by Crippen LogP contribution is 2.27. The standard InChI is InChI=1S/C23H19FN2O2/c24-20-11-9-17(10-12-20)21-22(27)25-13-14-26(21)23(28)19-8-4-7-18(15-19)16-5-2-1-3-6-16/h1-12,15,21H,13-14H2,(H,25,27). The highest BCUT2D eigenvalue weighted by Gasteiger charge is 2.34. The minimum absolute atomic E-state index is 0.220. The molecule has 140 valence electrons. The highest BCUT2D eigenvalue weighted by molar-refractivity contribution is 5.99. The molecule has 28 heavy (non-hydrogen) atoms. The number of hydrogen-bond donors (Lipinski definition) is 1. The monoisotopic (exact) mass is 374 g/mol. The number of rotatable bonds is 3. The van der Waals surface area contributed by atoms with E-state index in [1.807, 2.05) is 48.5 Å². The molecule has 1 unspecified atom stereocenters. The zero-order valence-electron chi connectivity index (χ0n) is 15.1. The smallest absolute Gasteiger partial charge is 0.254 e. The van der Waals surface area contributed by atoms with Gasteiger partial charge < -0.3 is 10.2 Å². The van der Waals surface area contributed by atoms with Crippen LogP contribution in [0.4, 0.5) is 4.39 Å². The van der Waals surface area contributed by atoms with Crippen molar-refractivity contribution in [3.8, 4) is 11.1 Å². The fraction of sp³-hybridized carbons (Fsp3) is 0.130. The van der Waals surface area contributed by atoms with Crippen molar-refractivity contribution in [3.63, 3.8) is 0 Å². The molecule has 3 aromatic carbocycles. The lowest BCUT2D eigenvalue weighted by molar-refractivity contribution is -0.128. The molecule has 0 radical (unpaired) electrons. The molecule has 0 saturated carbocycles. The lowest BCUT2D eigenvalue weighted by atomic mass is 9.99. The first-order valence-corrected chi connectivity index (χ1v) is 9.13. The van der Waals surface area contributed by atoms with Crippen molar-refractivity contribution in [3.05, 3.63) is 95.8 Å². The van der Waals surface area contributed by atoms with Crippen LogP contribution >= 0.6 is 0 Å². The lowest BCUT2D eigenvalue weighted by Crippen LogP contribution is -2.52. The molecule has 1 N–H and O–H groups in total. The first kappa shape index (κ1) is 17.9. The Morgan fingerprint density at radius 3 is 2.39 bits per heavy atom. The van der Waals surface area contributed by atoms with E-state index in [-0.39, 0.29) is 17.6 Å². The molecule has 0 bridgehead atoms. The van der Waals surface area contributed by atoms with E-state index in [9.17, 15) is 14.0 Å². The zero-order valence-corrected chi connectivity index (χ0v) is 15.1. The average Bonchev–Trinajstić information content (AvgIpc) is 2.74. The maximum atomic E-state index is 13.3. The van der Waals surface area contributed by atoms with Crippen molar-refractivity contribution < 1.29 is 14.0 Å². The normalized spacial score (nSPS) is 16.5. The molecule has 4 rings (SSSR count). The Labute approximate surface area is 162 Å². The maximum Gasteiger partial charge on any atom is 0.254 e. The van der Waals surface area contributed by atoms with Gasteiger partial charge in [-0.05, 0) is 41.0 Å². The molecule has 1 aliphatic heterocycles. The van der Waals surface area contributed by atoms with Crippen LogP contribution in [-0.2, 0) is 4.79 Å². The fourth-order valence-corrected chi connectivity index (χ4v) is 3.49. The molecular weight excluding hydrogens is 355 g/mol. The summed E-state index contributed by atoms with van der Waals surface area (Å²) in [6, 6.07) is 22.1. The molecule has 1 aliphatic rings. The summed E-state index contributed by atoms with van der Waals surface area (Å²) in [4.78, 5) is 27.3. The second-order valence-corrected chi connectivity index (χ2v) is 6.69. The third-order valence-corrected chi connectivity index (χ3v) is 4.88. The summed E-state index contributed by atoms with van der Waals surface area (Å²) in [7, 11) is 0. The molecule has 1 fully saturated rings. The molecule has 5 heteroatoms. The quantitative estimate of drug-likeness (QED) is 0.758. The van der Waals surface area contributed by atoms with Gasteiger partial charge in [0.15, 0.2) is 0 Å². The minimum Gasteiger partial charge on any atom is -0.352 e. The predicted molar refractivity (Wildman–Crippen MR) is 105 cm³/mol. The second kappa shape index (κ2) is 7.64. The molecule has 3 aromatic rings. The van der Waals surface area contributed by atoms with E-state index in [1.54, 1.807) is 23.1 Å². The van der Waals surface area contributed by atoms with Gasteiger partial charge in [-0.2, -0.15) is 0 Å². The van der Waals surface area contributed by atoms with E-state index in [4.69, 9.17) is 0 Å². The molecule has 0 aromatic heterocycles. The number of nitrogens with zero attached hydrogens (tertiary/aromatic N) is 1. The van der Waals surface area contributed by atoms with Crippen molar-refractivity contribution in [1.29, 1.82) is 0 Å². The minimum atomic E-state index is -0.776. The summed E-state index contributed by atoms with van der Waals surface area (Å²) in [5.41, 5.74) is 3.06. The van der Waals surface area contributed by atoms with Crippen LogP contribution in [-0.4, -0.2) is 29.8 Å². The number of halogens is 1. The Hall–Kier alpha value is -3.47. The molecule has 2 amide bonds. The number of piperazine rings is 1. The Balaban J connectivity index is 1.67. The van der Waals surface area contributed by atoms with E-state index in [2.05, 4.69) is 5.32 Å². The topological polar surface area (TPSA) is 49.4 Å². The Bertz CT molecular complexity index is 1000. The molecule has 4 nitrogen and oxygen atoms in total. The second-order valence-electron chi connectivity index (χ2n) is 6.69. The van der Waals surface area contributed by atoms with Crippen LogP contribution in [0.5, 0.6) is 0 Å². The number of carbonyl (C=O) groups is 2. The van der Waals surface area contributed by atoms with Crippen LogP contribution in [0, 0.1) is 5.82 Å². The molecule has 1 heterocycles. The summed E-state index contributed by atoms with van der Waals surface area (Å²) in [6.45, 7) is 0.781. The molecular formula is C23H19FN2O2. The number of amides is 2. The number of hydrogen-bond acceptors (Lipinski definition) is 2. The van der Waals surface area contributed by atoms with E-state index in [0.717, 1.165) is 11.1 Å². The predicted octanol–water partition coefficient (Wildman–Crippen LogP) is 3.81. The highest BCUT2D eigenvalue weighted by atomic mass is 19.1. The molecule has 0 spiro atoms. The molecule has 1 atom stereocenters. The van der Waals surface area contributed by atoms with E-state index in [1.165, 1.54) is 12.1 Å². The summed E-state index contributed by atoms with van der Waals surface area (Å²) in [6.07, 6.45) is 0. The van der Waals surface area contributed by atoms with Crippen LogP contribution < -0.4 is 5.32 Å². The summed E-state index contributed by atoms with van der Waals surface area (Å²) in [5.74, 6) is -0.860. The first-order valence-electron chi connectivity index (χ1n) is 9.13. The Kier molecular flexibility index (Phi) is 4.89. The third kappa shape index (κ3) is 3.51. The number of carbonyl (C=O) groups excluding carboxylic acids is 2. The van der Waals surface area contributed by atoms with E-state index >= 15 is 0 Å². The van der Waals surface area contributed by atoms with Crippen LogP contribution in [0.3, 0.4) is 0 Å². The third-order valence-electron chi connectivity index (χ3n) is 4.88. The summed E-state index contributed by atoms with van der Waals surface area (Å²) < 4.78 is 13.3. The van der Waals surface area contributed by atoms with Crippen molar-refractivity contribution >= 4 is 11.8 Å². The van der Waals surface area contributed by atoms with Crippen molar-refractivity contribution in [1.82, 2.24) is 10.2 Å². The van der Waals surface area contributed by atoms with Gasteiger partial charge in [0.2, 0.25) is 5.91 Å². The Morgan fingerprint density at radius 1 is 0.929 bits per heavy atom. The Morgan fingerprint density at radius 2 is 1.64 bits per heavy atom. The van der Waals surface area contributed by atoms with Gasteiger partial charge in [0.1, 0.15) is 11.9 Å². The first-order chi connectivity index (χ1) is 13.6. The summed E-state index contributed by atoms with van der Waals surface area (Å²) >= 11 is 0. The van der Waals surface area contributed by atoms with Crippen LogP contribution in [0.15, 0.2) is 78.9 Å². The van der Waals surface area contributed by atoms with Gasteiger partial charge in [-0.15, -0.1) is 0 Å². The van der Waals surface area contributed by atoms with Gasteiger partial charge in [-0.25, -0.2) is 4.39 Å². The van der Waals surface area contributed by atoms with Gasteiger partial charge in [-0.1, -0.05) is 54.6 Å². The van der Waals surface area contributed by atoms with E-state index < -0.39 is 6.04 Å². The van der Waals surface area contributed by atoms with Crippen molar-refractivity contribution in [2.75, 3.05) is 13.1 Å². The van der Waals surface area contributed by atoms with Crippen LogP contribution in [0.2, 0.25) is 0 Å². The fourth-order valence-electron chi connectivity index (χ4n) is 3.49. The van der Waals surface area contributed by atoms with E-state index in [0.29, 0.717) is 24.2 Å².